The van der Waals surface area contributed by atoms with E-state index in [0.29, 0.717) is 4.90 Å². The molecule has 25 heavy (non-hydrogen) atoms. The van der Waals surface area contributed by atoms with Gasteiger partial charge in [0.15, 0.2) is 0 Å². The third-order valence-corrected chi connectivity index (χ3v) is 3.16. The summed E-state index contributed by atoms with van der Waals surface area (Å²) in [4.78, 5) is 29.8. The molecule has 0 saturated carbocycles. The molecule has 0 unspecified atom stereocenters. The molecular weight excluding hydrogens is 343 g/mol. The molecule has 0 bridgehead atoms. The molecule has 2 N–H and O–H groups in total. The summed E-state index contributed by atoms with van der Waals surface area (Å²) in [6.07, 6.45) is -4.66. The molecule has 2 rings (SSSR count). The fourth-order valence-corrected chi connectivity index (χ4v) is 2.04. The van der Waals surface area contributed by atoms with E-state index in [1.807, 2.05) is 0 Å². The Balaban J connectivity index is 2.71. The number of halogens is 3. The van der Waals surface area contributed by atoms with Crippen molar-refractivity contribution in [3.63, 3.8) is 0 Å². The zero-order chi connectivity index (χ0) is 18.8. The molecule has 11 heteroatoms. The van der Waals surface area contributed by atoms with E-state index in [2.05, 4.69) is 9.97 Å². The second kappa shape index (κ2) is 6.71. The van der Waals surface area contributed by atoms with Gasteiger partial charge in [0.05, 0.1) is 4.92 Å². The van der Waals surface area contributed by atoms with Crippen molar-refractivity contribution in [1.29, 1.82) is 0 Å². The molecule has 8 nitrogen and oxygen atoms in total. The van der Waals surface area contributed by atoms with Crippen LogP contribution in [0, 0.1) is 10.1 Å². The number of nitro benzene ring substituents is 1. The highest BCUT2D eigenvalue weighted by Crippen LogP contribution is 2.34. The van der Waals surface area contributed by atoms with Gasteiger partial charge in [-0.1, -0.05) is 19.1 Å². The summed E-state index contributed by atoms with van der Waals surface area (Å²) >= 11 is 0. The summed E-state index contributed by atoms with van der Waals surface area (Å²) in [6, 6.07) is 4.44. The number of carbonyl (C=O) groups excluding carboxylic acids is 1. The van der Waals surface area contributed by atoms with Gasteiger partial charge in [-0.15, -0.1) is 0 Å². The number of para-hydroxylation sites is 2. The van der Waals surface area contributed by atoms with Crippen LogP contribution < -0.4 is 10.6 Å². The molecule has 1 aromatic heterocycles. The van der Waals surface area contributed by atoms with Crippen LogP contribution in [0.4, 0.5) is 35.3 Å². The van der Waals surface area contributed by atoms with E-state index < -0.39 is 34.5 Å². The van der Waals surface area contributed by atoms with Gasteiger partial charge in [0.25, 0.3) is 5.69 Å². The molecule has 0 fully saturated rings. The quantitative estimate of drug-likeness (QED) is 0.668. The van der Waals surface area contributed by atoms with Crippen molar-refractivity contribution in [1.82, 2.24) is 9.97 Å². The predicted molar refractivity (Wildman–Crippen MR) is 81.2 cm³/mol. The number of hydrogen-bond acceptors (Lipinski definition) is 5. The molecule has 132 valence electrons. The first-order valence-corrected chi connectivity index (χ1v) is 6.93. The first-order chi connectivity index (χ1) is 11.6. The Morgan fingerprint density at radius 1 is 1.32 bits per heavy atom. The molecule has 0 aliphatic heterocycles. The largest absolute Gasteiger partial charge is 0.433 e. The lowest BCUT2D eigenvalue weighted by Crippen LogP contribution is -2.34. The Morgan fingerprint density at radius 3 is 2.48 bits per heavy atom. The topological polar surface area (TPSA) is 115 Å². The van der Waals surface area contributed by atoms with Crippen LogP contribution in [0.25, 0.3) is 0 Å². The number of aromatic nitrogens is 2. The van der Waals surface area contributed by atoms with E-state index in [4.69, 9.17) is 5.73 Å². The Morgan fingerprint density at radius 2 is 1.96 bits per heavy atom. The minimum Gasteiger partial charge on any atom is -0.351 e. The van der Waals surface area contributed by atoms with Crippen molar-refractivity contribution in [2.75, 3.05) is 4.90 Å². The zero-order valence-corrected chi connectivity index (χ0v) is 12.8. The van der Waals surface area contributed by atoms with Crippen LogP contribution in [-0.4, -0.2) is 20.9 Å². The number of carbonyl (C=O) groups is 1. The van der Waals surface area contributed by atoms with E-state index in [9.17, 15) is 28.1 Å². The number of benzene rings is 1. The summed E-state index contributed by atoms with van der Waals surface area (Å²) < 4.78 is 39.1. The number of primary amides is 1. The average molecular weight is 355 g/mol. The SMILES string of the molecule is CCc1cc(C(F)(F)F)nc(N(C(N)=O)c2ccccc2[N+](=O)[O-])n1. The van der Waals surface area contributed by atoms with Crippen LogP contribution in [0.2, 0.25) is 0 Å². The normalized spacial score (nSPS) is 11.2. The lowest BCUT2D eigenvalue weighted by atomic mass is 10.2. The highest BCUT2D eigenvalue weighted by molar-refractivity contribution is 5.98. The van der Waals surface area contributed by atoms with Crippen molar-refractivity contribution in [2.24, 2.45) is 5.73 Å². The maximum absolute atomic E-state index is 13.0. The molecular formula is C14H12F3N5O3. The van der Waals surface area contributed by atoms with Crippen LogP contribution in [0.3, 0.4) is 0 Å². The van der Waals surface area contributed by atoms with Gasteiger partial charge in [-0.05, 0) is 18.6 Å². The summed E-state index contributed by atoms with van der Waals surface area (Å²) in [5.41, 5.74) is 3.09. The fourth-order valence-electron chi connectivity index (χ4n) is 2.04. The van der Waals surface area contributed by atoms with E-state index in [1.54, 1.807) is 6.92 Å². The smallest absolute Gasteiger partial charge is 0.351 e. The Kier molecular flexibility index (Phi) is 4.86. The van der Waals surface area contributed by atoms with Crippen LogP contribution in [0.5, 0.6) is 0 Å². The Labute approximate surface area is 139 Å². The number of amides is 2. The van der Waals surface area contributed by atoms with Gasteiger partial charge in [0.1, 0.15) is 11.4 Å². The predicted octanol–water partition coefficient (Wildman–Crippen LogP) is 3.18. The summed E-state index contributed by atoms with van der Waals surface area (Å²) in [5.74, 6) is -0.687. The van der Waals surface area contributed by atoms with Gasteiger partial charge < -0.3 is 5.73 Å². The standard InChI is InChI=1S/C14H12F3N5O3/c1-2-8-7-11(14(15,16)17)20-13(19-8)21(12(18)23)9-5-3-4-6-10(9)22(24)25/h3-7H,2H2,1H3,(H2,18,23). The number of rotatable bonds is 4. The zero-order valence-electron chi connectivity index (χ0n) is 12.8. The third-order valence-electron chi connectivity index (χ3n) is 3.16. The molecule has 1 aromatic carbocycles. The molecule has 0 atom stereocenters. The van der Waals surface area contributed by atoms with E-state index >= 15 is 0 Å². The monoisotopic (exact) mass is 355 g/mol. The summed E-state index contributed by atoms with van der Waals surface area (Å²) in [6.45, 7) is 1.56. The number of aryl methyl sites for hydroxylation is 1. The lowest BCUT2D eigenvalue weighted by molar-refractivity contribution is -0.384. The van der Waals surface area contributed by atoms with Gasteiger partial charge in [-0.25, -0.2) is 19.7 Å². The number of urea groups is 1. The second-order valence-electron chi connectivity index (χ2n) is 4.82. The number of hydrogen-bond donors (Lipinski definition) is 1. The second-order valence-corrected chi connectivity index (χ2v) is 4.82. The third kappa shape index (κ3) is 3.82. The van der Waals surface area contributed by atoms with Gasteiger partial charge in [-0.2, -0.15) is 13.2 Å². The van der Waals surface area contributed by atoms with Crippen molar-refractivity contribution in [2.45, 2.75) is 19.5 Å². The molecule has 1 heterocycles. The highest BCUT2D eigenvalue weighted by Gasteiger charge is 2.35. The average Bonchev–Trinajstić information content (AvgIpc) is 2.54. The van der Waals surface area contributed by atoms with Gasteiger partial charge >= 0.3 is 12.2 Å². The summed E-state index contributed by atoms with van der Waals surface area (Å²) in [5, 5.41) is 11.1. The van der Waals surface area contributed by atoms with Crippen molar-refractivity contribution >= 4 is 23.4 Å². The van der Waals surface area contributed by atoms with Crippen molar-refractivity contribution in [3.05, 3.63) is 51.8 Å². The molecule has 0 saturated heterocycles. The highest BCUT2D eigenvalue weighted by atomic mass is 19.4. The maximum atomic E-state index is 13.0. The van der Waals surface area contributed by atoms with Gasteiger partial charge in [0.2, 0.25) is 5.95 Å². The fraction of sp³-hybridized carbons (Fsp3) is 0.214. The van der Waals surface area contributed by atoms with Gasteiger partial charge in [-0.3, -0.25) is 10.1 Å². The number of nitrogens with zero attached hydrogens (tertiary/aromatic N) is 4. The number of anilines is 2. The molecule has 0 aliphatic rings. The first kappa shape index (κ1) is 18.1. The van der Waals surface area contributed by atoms with Gasteiger partial charge in [0, 0.05) is 11.8 Å². The first-order valence-electron chi connectivity index (χ1n) is 6.93. The number of nitrogens with two attached hydrogens (primary N) is 1. The minimum absolute atomic E-state index is 0.00200. The van der Waals surface area contributed by atoms with Crippen LogP contribution in [-0.2, 0) is 12.6 Å². The lowest BCUT2D eigenvalue weighted by Gasteiger charge is -2.20. The maximum Gasteiger partial charge on any atom is 0.433 e. The molecule has 2 aromatic rings. The van der Waals surface area contributed by atoms with E-state index in [0.717, 1.165) is 18.2 Å². The number of nitro groups is 1. The van der Waals surface area contributed by atoms with Crippen LogP contribution >= 0.6 is 0 Å². The Bertz CT molecular complexity index is 826. The minimum atomic E-state index is -4.78. The molecule has 0 spiro atoms. The Hall–Kier alpha value is -3.24. The number of alkyl halides is 3. The van der Waals surface area contributed by atoms with E-state index in [-0.39, 0.29) is 17.8 Å². The van der Waals surface area contributed by atoms with E-state index in [1.165, 1.54) is 12.1 Å². The van der Waals surface area contributed by atoms with Crippen LogP contribution in [0.15, 0.2) is 30.3 Å². The molecule has 0 radical (unpaired) electrons. The molecule has 2 amide bonds. The van der Waals surface area contributed by atoms with Crippen molar-refractivity contribution < 1.29 is 22.9 Å². The van der Waals surface area contributed by atoms with Crippen LogP contribution in [0.1, 0.15) is 18.3 Å². The van der Waals surface area contributed by atoms with Crippen molar-refractivity contribution in [3.8, 4) is 0 Å². The summed E-state index contributed by atoms with van der Waals surface area (Å²) in [7, 11) is 0. The molecule has 0 aliphatic carbocycles.